The van der Waals surface area contributed by atoms with Gasteiger partial charge in [-0.25, -0.2) is 0 Å². The van der Waals surface area contributed by atoms with Crippen LogP contribution in [0.2, 0.25) is 0 Å². The zero-order valence-corrected chi connectivity index (χ0v) is 21.0. The number of Topliss-reactive ketones (excluding diaryl/α,β-unsaturated/α-hetero) is 1. The third-order valence-electron chi connectivity index (χ3n) is 6.79. The number of nitrogens with one attached hydrogen (secondary N) is 1. The second-order valence-corrected chi connectivity index (χ2v) is 9.29. The van der Waals surface area contributed by atoms with Gasteiger partial charge in [0.1, 0.15) is 0 Å². The number of amides is 1. The quantitative estimate of drug-likeness (QED) is 0.305. The van der Waals surface area contributed by atoms with Crippen LogP contribution >= 0.6 is 0 Å². The summed E-state index contributed by atoms with van der Waals surface area (Å²) in [5.41, 5.74) is 4.58. The maximum atomic E-state index is 12.2. The summed E-state index contributed by atoms with van der Waals surface area (Å²) in [6.07, 6.45) is 7.92. The molecule has 5 rings (SSSR count). The monoisotopic (exact) mass is 474 g/mol. The predicted molar refractivity (Wildman–Crippen MR) is 139 cm³/mol. The summed E-state index contributed by atoms with van der Waals surface area (Å²) >= 11 is 0. The fourth-order valence-corrected chi connectivity index (χ4v) is 4.54. The molecule has 1 amide bonds. The van der Waals surface area contributed by atoms with Gasteiger partial charge in [-0.15, -0.1) is 0 Å². The lowest BCUT2D eigenvalue weighted by atomic mass is 9.85. The number of benzene rings is 2. The van der Waals surface area contributed by atoms with Gasteiger partial charge in [-0.2, -0.15) is 5.10 Å². The van der Waals surface area contributed by atoms with E-state index in [0.29, 0.717) is 18.7 Å². The van der Waals surface area contributed by atoms with E-state index >= 15 is 0 Å². The largest absolute Gasteiger partial charge is 0.383 e. The lowest BCUT2D eigenvalue weighted by Crippen LogP contribution is -2.27. The molecule has 7 heteroatoms. The van der Waals surface area contributed by atoms with Crippen LogP contribution in [0.15, 0.2) is 48.8 Å². The van der Waals surface area contributed by atoms with E-state index in [-0.39, 0.29) is 11.7 Å². The van der Waals surface area contributed by atoms with Crippen molar-refractivity contribution >= 4 is 33.5 Å². The Kier molecular flexibility index (Phi) is 7.66. The molecule has 1 N–H and O–H groups in total. The Labute approximate surface area is 206 Å². The summed E-state index contributed by atoms with van der Waals surface area (Å²) in [4.78, 5) is 23.5. The Hall–Kier alpha value is -3.45. The normalized spacial score (nSPS) is 13.4. The van der Waals surface area contributed by atoms with Gasteiger partial charge in [-0.1, -0.05) is 24.6 Å². The molecule has 0 bridgehead atoms. The molecule has 184 valence electrons. The van der Waals surface area contributed by atoms with Gasteiger partial charge in [0, 0.05) is 67.1 Å². The van der Waals surface area contributed by atoms with E-state index in [1.54, 1.807) is 14.0 Å². The molecule has 0 saturated heterocycles. The smallest absolute Gasteiger partial charge is 0.251 e. The van der Waals surface area contributed by atoms with Crippen molar-refractivity contribution in [1.29, 1.82) is 0 Å². The van der Waals surface area contributed by atoms with Gasteiger partial charge in [-0.05, 0) is 56.4 Å². The van der Waals surface area contributed by atoms with E-state index in [1.165, 1.54) is 19.3 Å². The molecule has 2 aromatic carbocycles. The Bertz CT molecular complexity index is 1350. The van der Waals surface area contributed by atoms with Crippen LogP contribution in [0, 0.1) is 12.8 Å². The van der Waals surface area contributed by atoms with Gasteiger partial charge in [0.15, 0.2) is 5.78 Å². The van der Waals surface area contributed by atoms with E-state index in [4.69, 9.17) is 4.74 Å². The molecule has 2 aromatic heterocycles. The third-order valence-corrected chi connectivity index (χ3v) is 6.79. The minimum absolute atomic E-state index is 0.0526. The summed E-state index contributed by atoms with van der Waals surface area (Å²) in [6, 6.07) is 11.7. The van der Waals surface area contributed by atoms with Crippen LogP contribution in [0.3, 0.4) is 0 Å². The Morgan fingerprint density at radius 3 is 2.54 bits per heavy atom. The average Bonchev–Trinajstić information content (AvgIpc) is 3.39. The van der Waals surface area contributed by atoms with Crippen LogP contribution in [0.1, 0.15) is 52.5 Å². The van der Waals surface area contributed by atoms with Crippen molar-refractivity contribution in [3.8, 4) is 0 Å². The summed E-state index contributed by atoms with van der Waals surface area (Å²) < 4.78 is 8.97. The second-order valence-electron chi connectivity index (χ2n) is 9.29. The Morgan fingerprint density at radius 2 is 1.86 bits per heavy atom. The number of methoxy groups -OCH3 is 1. The summed E-state index contributed by atoms with van der Waals surface area (Å²) in [7, 11) is 3.58. The molecule has 7 nitrogen and oxygen atoms in total. The van der Waals surface area contributed by atoms with Crippen molar-refractivity contribution in [3.05, 3.63) is 65.5 Å². The minimum atomic E-state index is -0.0526. The number of carbonyl (C=O) groups excluding carboxylic acids is 2. The van der Waals surface area contributed by atoms with Crippen molar-refractivity contribution in [3.63, 3.8) is 0 Å². The fraction of sp³-hybridized carbons (Fsp3) is 0.393. The molecule has 35 heavy (non-hydrogen) atoms. The van der Waals surface area contributed by atoms with Crippen molar-refractivity contribution in [2.75, 3.05) is 20.3 Å². The molecular weight excluding hydrogens is 440 g/mol. The molecule has 0 unspecified atom stereocenters. The number of aromatic nitrogens is 3. The van der Waals surface area contributed by atoms with Gasteiger partial charge in [0.2, 0.25) is 0 Å². The van der Waals surface area contributed by atoms with Gasteiger partial charge in [0.25, 0.3) is 5.91 Å². The number of hydrogen-bond acceptors (Lipinski definition) is 4. The van der Waals surface area contributed by atoms with Crippen molar-refractivity contribution < 1.29 is 14.3 Å². The highest BCUT2D eigenvalue weighted by Crippen LogP contribution is 2.29. The number of carbonyl (C=O) groups is 2. The van der Waals surface area contributed by atoms with E-state index in [2.05, 4.69) is 16.6 Å². The maximum Gasteiger partial charge on any atom is 0.251 e. The zero-order chi connectivity index (χ0) is 24.9. The molecule has 2 heterocycles. The fourth-order valence-electron chi connectivity index (χ4n) is 4.54. The second kappa shape index (κ2) is 10.9. The molecule has 0 radical (unpaired) electrons. The highest BCUT2D eigenvalue weighted by Gasteiger charge is 2.19. The van der Waals surface area contributed by atoms with Gasteiger partial charge in [-0.3, -0.25) is 14.3 Å². The first kappa shape index (κ1) is 24.7. The molecular formula is C28H34N4O3. The summed E-state index contributed by atoms with van der Waals surface area (Å²) in [5, 5.41) is 9.62. The Balaban J connectivity index is 0.000000189. The third kappa shape index (κ3) is 5.46. The highest BCUT2D eigenvalue weighted by molar-refractivity contribution is 6.06. The van der Waals surface area contributed by atoms with Crippen LogP contribution in [-0.2, 0) is 18.3 Å². The number of ether oxygens (including phenoxy) is 1. The van der Waals surface area contributed by atoms with Crippen molar-refractivity contribution in [2.24, 2.45) is 13.0 Å². The predicted octanol–water partition coefficient (Wildman–Crippen LogP) is 4.90. The molecule has 4 aromatic rings. The van der Waals surface area contributed by atoms with Gasteiger partial charge < -0.3 is 14.6 Å². The van der Waals surface area contributed by atoms with Gasteiger partial charge in [0.05, 0.1) is 12.1 Å². The maximum absolute atomic E-state index is 12.2. The molecule has 1 fully saturated rings. The first-order valence-electron chi connectivity index (χ1n) is 12.2. The molecule has 0 atom stereocenters. The molecule has 1 saturated carbocycles. The summed E-state index contributed by atoms with van der Waals surface area (Å²) in [6.45, 7) is 5.62. The number of hydrogen-bond donors (Lipinski definition) is 1. The first-order valence-corrected chi connectivity index (χ1v) is 12.2. The summed E-state index contributed by atoms with van der Waals surface area (Å²) in [5.74, 6) is 0.839. The SMILES string of the molecule is CC(=O)c1cn(C)c2ccccc12.COCCNC(=O)c1ccc2nn(CC3CCC3)cc2c1C. The minimum Gasteiger partial charge on any atom is -0.383 e. The van der Waals surface area contributed by atoms with E-state index < -0.39 is 0 Å². The molecule has 1 aliphatic rings. The van der Waals surface area contributed by atoms with Crippen LogP contribution in [0.4, 0.5) is 0 Å². The van der Waals surface area contributed by atoms with E-state index in [1.807, 2.05) is 65.8 Å². The highest BCUT2D eigenvalue weighted by atomic mass is 16.5. The number of fused-ring (bicyclic) bond motifs is 2. The van der Waals surface area contributed by atoms with Crippen LogP contribution < -0.4 is 5.32 Å². The van der Waals surface area contributed by atoms with Crippen LogP contribution in [0.25, 0.3) is 21.8 Å². The van der Waals surface area contributed by atoms with Gasteiger partial charge >= 0.3 is 0 Å². The zero-order valence-electron chi connectivity index (χ0n) is 21.0. The topological polar surface area (TPSA) is 78.2 Å². The van der Waals surface area contributed by atoms with Crippen LogP contribution in [0.5, 0.6) is 0 Å². The molecule has 1 aliphatic carbocycles. The average molecular weight is 475 g/mol. The van der Waals surface area contributed by atoms with Crippen LogP contribution in [-0.4, -0.2) is 46.3 Å². The van der Waals surface area contributed by atoms with Crippen molar-refractivity contribution in [1.82, 2.24) is 19.7 Å². The number of rotatable bonds is 7. The van der Waals surface area contributed by atoms with E-state index in [0.717, 1.165) is 45.4 Å². The van der Waals surface area contributed by atoms with E-state index in [9.17, 15) is 9.59 Å². The number of ketones is 1. The number of aryl methyl sites for hydroxylation is 2. The lowest BCUT2D eigenvalue weighted by Gasteiger charge is -2.24. The molecule has 0 spiro atoms. The first-order chi connectivity index (χ1) is 16.9. The number of nitrogens with zero attached hydrogens (tertiary/aromatic N) is 3. The standard InChI is InChI=1S/C17H23N3O2.C11H11NO/c1-12-14(17(21)18-8-9-22-2)6-7-16-15(12)11-20(19-16)10-13-4-3-5-13;1-8(13)10-7-12(2)11-6-4-3-5-9(10)11/h6-7,11,13H,3-5,8-10H2,1-2H3,(H,18,21);3-7H,1-2H3. The number of para-hydroxylation sites is 1. The molecule has 0 aliphatic heterocycles. The Morgan fingerprint density at radius 1 is 1.09 bits per heavy atom. The lowest BCUT2D eigenvalue weighted by molar-refractivity contribution is 0.0936. The van der Waals surface area contributed by atoms with Crippen molar-refractivity contribution in [2.45, 2.75) is 39.7 Å².